The normalized spacial score (nSPS) is 12.1. The van der Waals surface area contributed by atoms with E-state index in [-0.39, 0.29) is 11.8 Å². The first kappa shape index (κ1) is 12.1. The molecule has 0 amide bonds. The Kier molecular flexibility index (Phi) is 3.27. The van der Waals surface area contributed by atoms with Crippen molar-refractivity contribution in [3.63, 3.8) is 0 Å². The van der Waals surface area contributed by atoms with E-state index in [0.717, 1.165) is 0 Å². The summed E-state index contributed by atoms with van der Waals surface area (Å²) in [5.74, 6) is -0.127. The summed E-state index contributed by atoms with van der Waals surface area (Å²) in [5.41, 5.74) is 0.561. The van der Waals surface area contributed by atoms with Crippen molar-refractivity contribution in [1.82, 2.24) is 9.97 Å². The summed E-state index contributed by atoms with van der Waals surface area (Å²) in [6.45, 7) is 3.45. The molecule has 6 heteroatoms. The lowest BCUT2D eigenvalue weighted by atomic mass is 10.2. The van der Waals surface area contributed by atoms with Crippen LogP contribution in [0.4, 0.5) is 0 Å². The van der Waals surface area contributed by atoms with Crippen molar-refractivity contribution in [3.05, 3.63) is 41.9 Å². The average Bonchev–Trinajstić information content (AvgIpc) is 2.81. The number of hydrogen-bond acceptors (Lipinski definition) is 5. The predicted molar refractivity (Wildman–Crippen MR) is 61.5 cm³/mol. The highest BCUT2D eigenvalue weighted by Gasteiger charge is 2.14. The molecule has 0 aliphatic rings. The maximum atomic E-state index is 10.8. The van der Waals surface area contributed by atoms with E-state index in [1.54, 1.807) is 19.9 Å². The molecule has 2 heterocycles. The van der Waals surface area contributed by atoms with Crippen LogP contribution in [0.5, 0.6) is 5.75 Å². The van der Waals surface area contributed by atoms with Gasteiger partial charge in [0.2, 0.25) is 5.89 Å². The van der Waals surface area contributed by atoms with Crippen LogP contribution < -0.4 is 4.74 Å². The predicted octanol–water partition coefficient (Wildman–Crippen LogP) is 2.22. The molecule has 0 aromatic carbocycles. The van der Waals surface area contributed by atoms with Gasteiger partial charge in [0.15, 0.2) is 11.8 Å². The standard InChI is InChI=1S/C12H12N2O4/c1-7-5-9(6-14-10(7)12(15)16)18-8(2)11-13-3-4-17-11/h3-6,8H,1-2H3,(H,15,16)/t8-/m1/s1. The first-order valence-electron chi connectivity index (χ1n) is 5.34. The molecule has 0 radical (unpaired) electrons. The second-order valence-electron chi connectivity index (χ2n) is 3.77. The van der Waals surface area contributed by atoms with E-state index >= 15 is 0 Å². The number of aromatic carboxylic acids is 1. The van der Waals surface area contributed by atoms with Crippen molar-refractivity contribution in [3.8, 4) is 5.75 Å². The molecule has 0 aliphatic carbocycles. The monoisotopic (exact) mass is 248 g/mol. The van der Waals surface area contributed by atoms with E-state index in [0.29, 0.717) is 17.2 Å². The van der Waals surface area contributed by atoms with Gasteiger partial charge in [-0.15, -0.1) is 0 Å². The van der Waals surface area contributed by atoms with Gasteiger partial charge in [-0.1, -0.05) is 0 Å². The Balaban J connectivity index is 2.15. The molecular weight excluding hydrogens is 236 g/mol. The molecule has 0 unspecified atom stereocenters. The van der Waals surface area contributed by atoms with Gasteiger partial charge in [0.05, 0.1) is 12.4 Å². The Morgan fingerprint density at radius 1 is 1.50 bits per heavy atom. The summed E-state index contributed by atoms with van der Waals surface area (Å²) < 4.78 is 10.7. The third kappa shape index (κ3) is 2.48. The number of pyridine rings is 1. The molecule has 94 valence electrons. The summed E-state index contributed by atoms with van der Waals surface area (Å²) in [7, 11) is 0. The van der Waals surface area contributed by atoms with Crippen LogP contribution in [0.3, 0.4) is 0 Å². The molecule has 1 N–H and O–H groups in total. The molecule has 2 rings (SSSR count). The Morgan fingerprint density at radius 3 is 2.83 bits per heavy atom. The van der Waals surface area contributed by atoms with Crippen LogP contribution in [0, 0.1) is 6.92 Å². The molecule has 18 heavy (non-hydrogen) atoms. The topological polar surface area (TPSA) is 85.5 Å². The average molecular weight is 248 g/mol. The van der Waals surface area contributed by atoms with E-state index in [2.05, 4.69) is 9.97 Å². The molecule has 1 atom stereocenters. The van der Waals surface area contributed by atoms with E-state index in [1.165, 1.54) is 18.7 Å². The van der Waals surface area contributed by atoms with Crippen molar-refractivity contribution in [2.45, 2.75) is 20.0 Å². The maximum Gasteiger partial charge on any atom is 0.354 e. The van der Waals surface area contributed by atoms with Gasteiger partial charge in [0.1, 0.15) is 12.0 Å². The van der Waals surface area contributed by atoms with Gasteiger partial charge in [-0.25, -0.2) is 14.8 Å². The van der Waals surface area contributed by atoms with Gasteiger partial charge in [-0.3, -0.25) is 0 Å². The molecule has 0 spiro atoms. The van der Waals surface area contributed by atoms with Gasteiger partial charge in [0.25, 0.3) is 0 Å². The first-order valence-corrected chi connectivity index (χ1v) is 5.34. The molecule has 0 saturated carbocycles. The number of carboxylic acids is 1. The van der Waals surface area contributed by atoms with Gasteiger partial charge in [0, 0.05) is 0 Å². The van der Waals surface area contributed by atoms with Crippen molar-refractivity contribution in [2.75, 3.05) is 0 Å². The third-order valence-electron chi connectivity index (χ3n) is 2.37. The van der Waals surface area contributed by atoms with Crippen LogP contribution in [-0.2, 0) is 0 Å². The Bertz CT molecular complexity index is 551. The summed E-state index contributed by atoms with van der Waals surface area (Å²) in [4.78, 5) is 18.6. The smallest absolute Gasteiger partial charge is 0.354 e. The number of aryl methyl sites for hydroxylation is 1. The van der Waals surface area contributed by atoms with E-state index < -0.39 is 5.97 Å². The number of nitrogens with zero attached hydrogens (tertiary/aromatic N) is 2. The van der Waals surface area contributed by atoms with Crippen LogP contribution in [0.2, 0.25) is 0 Å². The number of rotatable bonds is 4. The second kappa shape index (κ2) is 4.87. The fourth-order valence-electron chi connectivity index (χ4n) is 1.53. The zero-order valence-electron chi connectivity index (χ0n) is 9.95. The second-order valence-corrected chi connectivity index (χ2v) is 3.77. The van der Waals surface area contributed by atoms with Crippen LogP contribution in [-0.4, -0.2) is 21.0 Å². The minimum absolute atomic E-state index is 0.0196. The van der Waals surface area contributed by atoms with Gasteiger partial charge in [-0.05, 0) is 25.5 Å². The van der Waals surface area contributed by atoms with Crippen LogP contribution in [0.25, 0.3) is 0 Å². The SMILES string of the molecule is Cc1cc(O[C@H](C)c2ncco2)cnc1C(=O)O. The number of hydrogen-bond donors (Lipinski definition) is 1. The van der Waals surface area contributed by atoms with Crippen LogP contribution >= 0.6 is 0 Å². The van der Waals surface area contributed by atoms with Crippen molar-refractivity contribution in [1.29, 1.82) is 0 Å². The number of aromatic nitrogens is 2. The highest BCUT2D eigenvalue weighted by molar-refractivity contribution is 5.87. The van der Waals surface area contributed by atoms with Gasteiger partial charge in [-0.2, -0.15) is 0 Å². The van der Waals surface area contributed by atoms with E-state index in [4.69, 9.17) is 14.3 Å². The Morgan fingerprint density at radius 2 is 2.28 bits per heavy atom. The highest BCUT2D eigenvalue weighted by atomic mass is 16.5. The number of ether oxygens (including phenoxy) is 1. The largest absolute Gasteiger partial charge is 0.479 e. The van der Waals surface area contributed by atoms with E-state index in [9.17, 15) is 4.79 Å². The van der Waals surface area contributed by atoms with Crippen molar-refractivity contribution in [2.24, 2.45) is 0 Å². The lowest BCUT2D eigenvalue weighted by molar-refractivity contribution is 0.0689. The summed E-state index contributed by atoms with van der Waals surface area (Å²) in [6, 6.07) is 1.62. The quantitative estimate of drug-likeness (QED) is 0.892. The Labute approximate surface area is 103 Å². The fraction of sp³-hybridized carbons (Fsp3) is 0.250. The molecular formula is C12H12N2O4. The van der Waals surface area contributed by atoms with Crippen molar-refractivity contribution < 1.29 is 19.1 Å². The Hall–Kier alpha value is -2.37. The zero-order valence-corrected chi connectivity index (χ0v) is 9.95. The molecule has 2 aromatic rings. The number of carboxylic acid groups (broad SMARTS) is 1. The maximum absolute atomic E-state index is 10.8. The minimum Gasteiger partial charge on any atom is -0.479 e. The minimum atomic E-state index is -1.06. The van der Waals surface area contributed by atoms with Gasteiger partial charge >= 0.3 is 5.97 Å². The molecule has 6 nitrogen and oxygen atoms in total. The first-order chi connectivity index (χ1) is 8.58. The summed E-state index contributed by atoms with van der Waals surface area (Å²) in [6.07, 6.45) is 4.01. The molecule has 0 fully saturated rings. The van der Waals surface area contributed by atoms with Crippen LogP contribution in [0.15, 0.2) is 29.1 Å². The molecule has 0 aliphatic heterocycles. The van der Waals surface area contributed by atoms with Crippen LogP contribution in [0.1, 0.15) is 35.0 Å². The molecule has 0 bridgehead atoms. The van der Waals surface area contributed by atoms with E-state index in [1.807, 2.05) is 0 Å². The lowest BCUT2D eigenvalue weighted by Gasteiger charge is -2.11. The summed E-state index contributed by atoms with van der Waals surface area (Å²) in [5, 5.41) is 8.86. The summed E-state index contributed by atoms with van der Waals surface area (Å²) >= 11 is 0. The number of carbonyl (C=O) groups is 1. The zero-order chi connectivity index (χ0) is 13.1. The third-order valence-corrected chi connectivity index (χ3v) is 2.37. The lowest BCUT2D eigenvalue weighted by Crippen LogP contribution is -2.07. The number of oxazole rings is 1. The molecule has 2 aromatic heterocycles. The fourth-order valence-corrected chi connectivity index (χ4v) is 1.53. The van der Waals surface area contributed by atoms with Crippen molar-refractivity contribution >= 4 is 5.97 Å². The molecule has 0 saturated heterocycles. The highest BCUT2D eigenvalue weighted by Crippen LogP contribution is 2.21. The van der Waals surface area contributed by atoms with Gasteiger partial charge < -0.3 is 14.3 Å².